The fourth-order valence-corrected chi connectivity index (χ4v) is 6.69. The Morgan fingerprint density at radius 1 is 1.12 bits per heavy atom. The molecule has 0 saturated carbocycles. The first kappa shape index (κ1) is 19.8. The molecule has 1 N–H and O–H groups in total. The lowest BCUT2D eigenvalue weighted by atomic mass is 9.75. The first-order valence-electron chi connectivity index (χ1n) is 10.8. The number of benzene rings is 2. The molecule has 3 amide bonds. The number of imide groups is 1. The Morgan fingerprint density at radius 2 is 1.88 bits per heavy atom. The molecule has 0 aromatic heterocycles. The molecule has 3 saturated heterocycles. The number of aryl methyl sites for hydroxylation is 1. The number of fused-ring (bicyclic) bond motifs is 7. The summed E-state index contributed by atoms with van der Waals surface area (Å²) in [5, 5.41) is 3.53. The molecular formula is C24H22ClN3O4. The van der Waals surface area contributed by atoms with Gasteiger partial charge < -0.3 is 10.1 Å². The van der Waals surface area contributed by atoms with Gasteiger partial charge in [-0.1, -0.05) is 11.6 Å². The van der Waals surface area contributed by atoms with Crippen LogP contribution in [0.4, 0.5) is 11.4 Å². The summed E-state index contributed by atoms with van der Waals surface area (Å²) >= 11 is 6.41. The fraction of sp³-hybridized carbons (Fsp3) is 0.375. The van der Waals surface area contributed by atoms with E-state index in [1.807, 2.05) is 6.92 Å². The zero-order chi connectivity index (χ0) is 22.4. The summed E-state index contributed by atoms with van der Waals surface area (Å²) in [7, 11) is 1.56. The predicted molar refractivity (Wildman–Crippen MR) is 119 cm³/mol. The van der Waals surface area contributed by atoms with Crippen molar-refractivity contribution in [1.82, 2.24) is 4.90 Å². The maximum atomic E-state index is 13.9. The molecule has 2 aromatic rings. The maximum Gasteiger partial charge on any atom is 0.250 e. The number of carbonyl (C=O) groups is 3. The van der Waals surface area contributed by atoms with Gasteiger partial charge in [0.15, 0.2) is 0 Å². The molecule has 3 fully saturated rings. The summed E-state index contributed by atoms with van der Waals surface area (Å²) in [6.07, 6.45) is 1.66. The van der Waals surface area contributed by atoms with Crippen molar-refractivity contribution in [1.29, 1.82) is 0 Å². The lowest BCUT2D eigenvalue weighted by Gasteiger charge is -2.36. The van der Waals surface area contributed by atoms with E-state index in [4.69, 9.17) is 16.3 Å². The van der Waals surface area contributed by atoms with Crippen LogP contribution >= 0.6 is 11.6 Å². The molecule has 4 atom stereocenters. The van der Waals surface area contributed by atoms with Gasteiger partial charge in [0.05, 0.1) is 24.6 Å². The van der Waals surface area contributed by atoms with E-state index in [-0.39, 0.29) is 23.8 Å². The zero-order valence-electron chi connectivity index (χ0n) is 17.7. The van der Waals surface area contributed by atoms with Crippen molar-refractivity contribution in [2.24, 2.45) is 11.8 Å². The molecular weight excluding hydrogens is 430 g/mol. The lowest BCUT2D eigenvalue weighted by molar-refractivity contribution is -0.135. The van der Waals surface area contributed by atoms with Crippen LogP contribution in [0.3, 0.4) is 0 Å². The molecule has 164 valence electrons. The van der Waals surface area contributed by atoms with Crippen LogP contribution in [0.5, 0.6) is 5.75 Å². The topological polar surface area (TPSA) is 79.0 Å². The molecule has 1 spiro atoms. The average Bonchev–Trinajstić information content (AvgIpc) is 3.47. The van der Waals surface area contributed by atoms with E-state index in [2.05, 4.69) is 10.2 Å². The highest BCUT2D eigenvalue weighted by atomic mass is 35.5. The molecule has 4 unspecified atom stereocenters. The molecule has 7 nitrogen and oxygen atoms in total. The minimum Gasteiger partial charge on any atom is -0.497 e. The van der Waals surface area contributed by atoms with Crippen LogP contribution in [0.25, 0.3) is 0 Å². The standard InChI is InChI=1S/C24H22ClN3O4/c1-12-10-13(25)11-16-20(12)26-23(31)24(16)19-18(17-4-3-9-27(17)24)21(29)28(22(19)30)14-5-7-15(32-2)8-6-14/h5-8,10-11,17-19H,3-4,9H2,1-2H3,(H,26,31). The van der Waals surface area contributed by atoms with E-state index in [0.29, 0.717) is 34.3 Å². The van der Waals surface area contributed by atoms with Gasteiger partial charge in [0.2, 0.25) is 17.7 Å². The van der Waals surface area contributed by atoms with Crippen molar-refractivity contribution in [3.05, 3.63) is 52.5 Å². The average molecular weight is 452 g/mol. The van der Waals surface area contributed by atoms with Gasteiger partial charge in [-0.15, -0.1) is 0 Å². The quantitative estimate of drug-likeness (QED) is 0.710. The second-order valence-corrected chi connectivity index (χ2v) is 9.42. The monoisotopic (exact) mass is 451 g/mol. The SMILES string of the molecule is COc1ccc(N2C(=O)C3C4CCCN4C4(C(=O)Nc5c(C)cc(Cl)cc54)C3C2=O)cc1. The van der Waals surface area contributed by atoms with Crippen LogP contribution in [0.2, 0.25) is 5.02 Å². The van der Waals surface area contributed by atoms with E-state index >= 15 is 0 Å². The van der Waals surface area contributed by atoms with Crippen LogP contribution in [-0.2, 0) is 19.9 Å². The summed E-state index contributed by atoms with van der Waals surface area (Å²) in [5.74, 6) is -1.53. The number of methoxy groups -OCH3 is 1. The number of rotatable bonds is 2. The molecule has 4 aliphatic rings. The Labute approximate surface area is 190 Å². The van der Waals surface area contributed by atoms with E-state index in [1.165, 1.54) is 4.90 Å². The second-order valence-electron chi connectivity index (χ2n) is 8.98. The number of hydrogen-bond donors (Lipinski definition) is 1. The van der Waals surface area contributed by atoms with E-state index in [1.54, 1.807) is 43.5 Å². The highest BCUT2D eigenvalue weighted by Gasteiger charge is 2.74. The van der Waals surface area contributed by atoms with Crippen LogP contribution in [0.1, 0.15) is 24.0 Å². The Bertz CT molecular complexity index is 1200. The highest BCUT2D eigenvalue weighted by molar-refractivity contribution is 6.31. The van der Waals surface area contributed by atoms with Crippen molar-refractivity contribution < 1.29 is 19.1 Å². The number of hydrogen-bond acceptors (Lipinski definition) is 5. The molecule has 0 bridgehead atoms. The molecule has 0 aliphatic carbocycles. The maximum absolute atomic E-state index is 13.9. The van der Waals surface area contributed by atoms with Gasteiger partial charge in [-0.2, -0.15) is 0 Å². The largest absolute Gasteiger partial charge is 0.497 e. The van der Waals surface area contributed by atoms with E-state index < -0.39 is 17.4 Å². The normalized spacial score (nSPS) is 30.7. The van der Waals surface area contributed by atoms with Gasteiger partial charge in [0.25, 0.3) is 0 Å². The van der Waals surface area contributed by atoms with Gasteiger partial charge in [-0.05, 0) is 68.3 Å². The number of halogens is 1. The molecule has 32 heavy (non-hydrogen) atoms. The third kappa shape index (κ3) is 2.22. The van der Waals surface area contributed by atoms with Gasteiger partial charge in [0.1, 0.15) is 11.3 Å². The van der Waals surface area contributed by atoms with Crippen LogP contribution in [0, 0.1) is 18.8 Å². The number of carbonyl (C=O) groups excluding carboxylic acids is 3. The van der Waals surface area contributed by atoms with Gasteiger partial charge in [-0.3, -0.25) is 19.3 Å². The lowest BCUT2D eigenvalue weighted by Crippen LogP contribution is -2.54. The second kappa shape index (κ2) is 6.56. The summed E-state index contributed by atoms with van der Waals surface area (Å²) < 4.78 is 5.21. The fourth-order valence-electron chi connectivity index (χ4n) is 6.42. The van der Waals surface area contributed by atoms with Gasteiger partial charge in [0, 0.05) is 22.3 Å². The summed E-state index contributed by atoms with van der Waals surface area (Å²) in [6, 6.07) is 10.3. The summed E-state index contributed by atoms with van der Waals surface area (Å²) in [5.41, 5.74) is 1.54. The first-order valence-corrected chi connectivity index (χ1v) is 11.2. The van der Waals surface area contributed by atoms with Crippen LogP contribution < -0.4 is 15.0 Å². The van der Waals surface area contributed by atoms with Crippen LogP contribution in [-0.4, -0.2) is 42.3 Å². The van der Waals surface area contributed by atoms with E-state index in [9.17, 15) is 14.4 Å². The highest BCUT2D eigenvalue weighted by Crippen LogP contribution is 2.61. The molecule has 0 radical (unpaired) electrons. The minimum absolute atomic E-state index is 0.157. The number of amides is 3. The van der Waals surface area contributed by atoms with Gasteiger partial charge >= 0.3 is 0 Å². The number of nitrogens with one attached hydrogen (secondary N) is 1. The smallest absolute Gasteiger partial charge is 0.250 e. The molecule has 2 aromatic carbocycles. The molecule has 8 heteroatoms. The Balaban J connectivity index is 1.54. The third-order valence-electron chi connectivity index (χ3n) is 7.59. The molecule has 4 aliphatic heterocycles. The summed E-state index contributed by atoms with van der Waals surface area (Å²) in [4.78, 5) is 44.6. The third-order valence-corrected chi connectivity index (χ3v) is 7.81. The number of anilines is 2. The van der Waals surface area contributed by atoms with Crippen LogP contribution in [0.15, 0.2) is 36.4 Å². The van der Waals surface area contributed by atoms with Crippen molar-refractivity contribution in [2.75, 3.05) is 23.9 Å². The number of nitrogens with zero attached hydrogens (tertiary/aromatic N) is 2. The minimum atomic E-state index is -1.22. The predicted octanol–water partition coefficient (Wildman–Crippen LogP) is 3.09. The Hall–Kier alpha value is -2.90. The molecule has 6 rings (SSSR count). The van der Waals surface area contributed by atoms with Crippen molar-refractivity contribution >= 4 is 40.7 Å². The van der Waals surface area contributed by atoms with Crippen molar-refractivity contribution in [3.8, 4) is 5.75 Å². The van der Waals surface area contributed by atoms with Crippen molar-refractivity contribution in [3.63, 3.8) is 0 Å². The first-order chi connectivity index (χ1) is 15.4. The van der Waals surface area contributed by atoms with E-state index in [0.717, 1.165) is 18.4 Å². The Morgan fingerprint density at radius 3 is 2.59 bits per heavy atom. The van der Waals surface area contributed by atoms with Gasteiger partial charge in [-0.25, -0.2) is 4.90 Å². The summed E-state index contributed by atoms with van der Waals surface area (Å²) in [6.45, 7) is 2.56. The number of ether oxygens (including phenoxy) is 1. The Kier molecular flexibility index (Phi) is 4.05. The zero-order valence-corrected chi connectivity index (χ0v) is 18.5. The van der Waals surface area contributed by atoms with Crippen molar-refractivity contribution in [2.45, 2.75) is 31.3 Å². The molecule has 4 heterocycles.